The Labute approximate surface area is 249 Å². The molecule has 2 heterocycles. The number of nitrogens with zero attached hydrogens (tertiary/aromatic N) is 1. The normalized spacial score (nSPS) is 14.7. The lowest BCUT2D eigenvalue weighted by Gasteiger charge is -2.19. The molecular weight excluding hydrogens is 556 g/mol. The Hall–Kier alpha value is -3.42. The fraction of sp³-hybridized carbons (Fsp3) is 0.364. The maximum absolute atomic E-state index is 13.3. The maximum atomic E-state index is 13.3. The number of ether oxygens (including phenoxy) is 1. The van der Waals surface area contributed by atoms with Crippen molar-refractivity contribution >= 4 is 45.6 Å². The summed E-state index contributed by atoms with van der Waals surface area (Å²) in [6.45, 7) is 6.55. The summed E-state index contributed by atoms with van der Waals surface area (Å²) in [6.07, 6.45) is 5.60. The number of thiophene rings is 1. The second kappa shape index (κ2) is 12.2. The summed E-state index contributed by atoms with van der Waals surface area (Å²) in [7, 11) is 0. The minimum atomic E-state index is -1.10. The summed E-state index contributed by atoms with van der Waals surface area (Å²) in [5.41, 5.74) is 2.35. The number of benzene rings is 2. The minimum absolute atomic E-state index is 0.0639. The van der Waals surface area contributed by atoms with Gasteiger partial charge in [-0.05, 0) is 71.2 Å². The molecule has 4 aromatic rings. The van der Waals surface area contributed by atoms with Crippen LogP contribution in [0.3, 0.4) is 0 Å². The molecule has 1 unspecified atom stereocenters. The summed E-state index contributed by atoms with van der Waals surface area (Å²) >= 11 is 7.32. The van der Waals surface area contributed by atoms with Crippen LogP contribution in [0.5, 0.6) is 11.5 Å². The van der Waals surface area contributed by atoms with E-state index >= 15 is 0 Å². The Kier molecular flexibility index (Phi) is 8.66. The summed E-state index contributed by atoms with van der Waals surface area (Å²) in [6, 6.07) is 18.1. The number of hydrogen-bond acceptors (Lipinski definition) is 5. The van der Waals surface area contributed by atoms with Gasteiger partial charge in [-0.3, -0.25) is 4.79 Å². The second-order valence-corrected chi connectivity index (χ2v) is 13.6. The molecule has 1 aliphatic rings. The molecule has 41 heavy (non-hydrogen) atoms. The van der Waals surface area contributed by atoms with E-state index in [1.165, 1.54) is 29.7 Å². The number of amides is 1. The van der Waals surface area contributed by atoms with Crippen molar-refractivity contribution in [2.24, 2.45) is 5.92 Å². The molecular formula is C33H35ClN2O4S. The molecule has 6 nitrogen and oxygen atoms in total. The average Bonchev–Trinajstić information content (AvgIpc) is 3.59. The van der Waals surface area contributed by atoms with Gasteiger partial charge in [0.15, 0.2) is 0 Å². The first-order valence-corrected chi connectivity index (χ1v) is 15.2. The van der Waals surface area contributed by atoms with Gasteiger partial charge in [0, 0.05) is 22.4 Å². The SMILES string of the molecule is CC(C)(C)c1ccc(Oc2ccc3cc(C(=O)NC(Cc4ccc(Cl)s4)C(=O)O)nc(CC4CCCC4)c3c2)cc1. The van der Waals surface area contributed by atoms with Crippen molar-refractivity contribution in [2.75, 3.05) is 0 Å². The molecule has 1 atom stereocenters. The van der Waals surface area contributed by atoms with Gasteiger partial charge in [0.2, 0.25) is 0 Å². The highest BCUT2D eigenvalue weighted by atomic mass is 35.5. The van der Waals surface area contributed by atoms with Crippen molar-refractivity contribution in [3.8, 4) is 11.5 Å². The van der Waals surface area contributed by atoms with E-state index in [9.17, 15) is 14.7 Å². The number of carbonyl (C=O) groups is 2. The number of aromatic nitrogens is 1. The van der Waals surface area contributed by atoms with Gasteiger partial charge < -0.3 is 15.2 Å². The molecule has 0 saturated heterocycles. The van der Waals surface area contributed by atoms with Crippen LogP contribution in [0.4, 0.5) is 0 Å². The molecule has 2 aromatic heterocycles. The smallest absolute Gasteiger partial charge is 0.326 e. The van der Waals surface area contributed by atoms with Crippen molar-refractivity contribution in [1.29, 1.82) is 0 Å². The first kappa shape index (κ1) is 29.1. The number of halogens is 1. The van der Waals surface area contributed by atoms with Gasteiger partial charge in [-0.25, -0.2) is 9.78 Å². The zero-order valence-electron chi connectivity index (χ0n) is 23.6. The van der Waals surface area contributed by atoms with Crippen LogP contribution in [0.1, 0.15) is 73.1 Å². The number of carboxylic acids is 1. The van der Waals surface area contributed by atoms with Gasteiger partial charge in [0.05, 0.1) is 4.34 Å². The van der Waals surface area contributed by atoms with Crippen LogP contribution in [-0.4, -0.2) is 28.0 Å². The number of aliphatic carboxylic acids is 1. The van der Waals surface area contributed by atoms with Crippen LogP contribution in [0, 0.1) is 5.92 Å². The molecule has 0 bridgehead atoms. The van der Waals surface area contributed by atoms with Gasteiger partial charge in [-0.1, -0.05) is 76.3 Å². The third kappa shape index (κ3) is 7.27. The highest BCUT2D eigenvalue weighted by Gasteiger charge is 2.25. The third-order valence-electron chi connectivity index (χ3n) is 7.67. The van der Waals surface area contributed by atoms with Crippen molar-refractivity contribution in [3.63, 3.8) is 0 Å². The predicted molar refractivity (Wildman–Crippen MR) is 165 cm³/mol. The Morgan fingerprint density at radius 1 is 1.05 bits per heavy atom. The van der Waals surface area contributed by atoms with E-state index in [0.717, 1.165) is 46.4 Å². The highest BCUT2D eigenvalue weighted by molar-refractivity contribution is 7.16. The standard InChI is InChI=1S/C33H35ClN2O4S/c1-33(2,3)22-9-12-23(13-10-22)40-24-11-8-21-17-28(35-27(26(21)18-24)16-20-6-4-5-7-20)31(37)36-29(32(38)39)19-25-14-15-30(34)41-25/h8-15,17-18,20,29H,4-7,16,19H2,1-3H3,(H,36,37)(H,38,39). The molecule has 1 fully saturated rings. The van der Waals surface area contributed by atoms with E-state index in [4.69, 9.17) is 21.3 Å². The lowest BCUT2D eigenvalue weighted by Crippen LogP contribution is -2.42. The van der Waals surface area contributed by atoms with E-state index in [1.54, 1.807) is 18.2 Å². The molecule has 214 valence electrons. The fourth-order valence-electron chi connectivity index (χ4n) is 5.37. The summed E-state index contributed by atoms with van der Waals surface area (Å²) in [4.78, 5) is 30.9. The number of rotatable bonds is 9. The molecule has 0 aliphatic heterocycles. The van der Waals surface area contributed by atoms with E-state index in [2.05, 4.69) is 38.2 Å². The lowest BCUT2D eigenvalue weighted by molar-refractivity contribution is -0.139. The summed E-state index contributed by atoms with van der Waals surface area (Å²) in [5, 5.41) is 14.3. The molecule has 2 N–H and O–H groups in total. The molecule has 1 aliphatic carbocycles. The first-order valence-electron chi connectivity index (χ1n) is 14.0. The quantitative estimate of drug-likeness (QED) is 0.205. The number of carbonyl (C=O) groups excluding carboxylic acids is 1. The molecule has 2 aromatic carbocycles. The topological polar surface area (TPSA) is 88.5 Å². The second-order valence-electron chi connectivity index (χ2n) is 11.8. The molecule has 0 spiro atoms. The van der Waals surface area contributed by atoms with E-state index in [-0.39, 0.29) is 17.5 Å². The molecule has 1 saturated carbocycles. The summed E-state index contributed by atoms with van der Waals surface area (Å²) < 4.78 is 6.79. The van der Waals surface area contributed by atoms with Crippen molar-refractivity contribution < 1.29 is 19.4 Å². The highest BCUT2D eigenvalue weighted by Crippen LogP contribution is 2.33. The third-order valence-corrected chi connectivity index (χ3v) is 8.92. The van der Waals surface area contributed by atoms with Crippen molar-refractivity contribution in [3.05, 3.63) is 86.8 Å². The van der Waals surface area contributed by atoms with Gasteiger partial charge in [-0.2, -0.15) is 0 Å². The molecule has 8 heteroatoms. The number of pyridine rings is 1. The van der Waals surface area contributed by atoms with Crippen LogP contribution in [-0.2, 0) is 23.1 Å². The van der Waals surface area contributed by atoms with Gasteiger partial charge >= 0.3 is 5.97 Å². The predicted octanol–water partition coefficient (Wildman–Crippen LogP) is 8.20. The Bertz CT molecular complexity index is 1550. The largest absolute Gasteiger partial charge is 0.480 e. The van der Waals surface area contributed by atoms with Gasteiger partial charge in [0.1, 0.15) is 23.2 Å². The summed E-state index contributed by atoms with van der Waals surface area (Å²) in [5.74, 6) is 0.355. The Balaban J connectivity index is 1.42. The number of carboxylic acid groups (broad SMARTS) is 1. The molecule has 5 rings (SSSR count). The lowest BCUT2D eigenvalue weighted by atomic mass is 9.87. The van der Waals surface area contributed by atoms with E-state index in [0.29, 0.717) is 16.0 Å². The monoisotopic (exact) mass is 590 g/mol. The average molecular weight is 591 g/mol. The van der Waals surface area contributed by atoms with Crippen LogP contribution >= 0.6 is 22.9 Å². The van der Waals surface area contributed by atoms with E-state index < -0.39 is 17.9 Å². The van der Waals surface area contributed by atoms with Crippen LogP contribution < -0.4 is 10.1 Å². The van der Waals surface area contributed by atoms with Gasteiger partial charge in [-0.15, -0.1) is 11.3 Å². The number of hydrogen-bond donors (Lipinski definition) is 2. The number of fused-ring (bicyclic) bond motifs is 1. The fourth-order valence-corrected chi connectivity index (χ4v) is 6.51. The number of nitrogens with one attached hydrogen (secondary N) is 1. The zero-order chi connectivity index (χ0) is 29.1. The Morgan fingerprint density at radius 3 is 2.39 bits per heavy atom. The zero-order valence-corrected chi connectivity index (χ0v) is 25.1. The van der Waals surface area contributed by atoms with Crippen molar-refractivity contribution in [1.82, 2.24) is 10.3 Å². The van der Waals surface area contributed by atoms with Crippen molar-refractivity contribution in [2.45, 2.75) is 70.8 Å². The minimum Gasteiger partial charge on any atom is -0.480 e. The molecule has 0 radical (unpaired) electrons. The Morgan fingerprint density at radius 2 is 1.76 bits per heavy atom. The van der Waals surface area contributed by atoms with Crippen LogP contribution in [0.25, 0.3) is 10.8 Å². The van der Waals surface area contributed by atoms with E-state index in [1.807, 2.05) is 30.3 Å². The van der Waals surface area contributed by atoms with Crippen LogP contribution in [0.15, 0.2) is 60.7 Å². The molecule has 1 amide bonds. The van der Waals surface area contributed by atoms with Crippen LogP contribution in [0.2, 0.25) is 4.34 Å². The van der Waals surface area contributed by atoms with Gasteiger partial charge in [0.25, 0.3) is 5.91 Å². The first-order chi connectivity index (χ1) is 19.5. The maximum Gasteiger partial charge on any atom is 0.326 e.